The monoisotopic (exact) mass is 455 g/mol. The Kier molecular flexibility index (Phi) is 6.18. The molecule has 3 aromatic carbocycles. The molecule has 0 bridgehead atoms. The maximum Gasteiger partial charge on any atom is 0.138 e. The van der Waals surface area contributed by atoms with Gasteiger partial charge in [0.05, 0.1) is 28.7 Å². The fraction of sp³-hybridized carbons (Fsp3) is 0.259. The van der Waals surface area contributed by atoms with Crippen LogP contribution < -0.4 is 4.74 Å². The molecule has 0 atom stereocenters. The zero-order valence-electron chi connectivity index (χ0n) is 19.5. The van der Waals surface area contributed by atoms with Gasteiger partial charge in [-0.3, -0.25) is 0 Å². The van der Waals surface area contributed by atoms with Crippen molar-refractivity contribution >= 4 is 22.1 Å². The van der Waals surface area contributed by atoms with Crippen LogP contribution in [0.1, 0.15) is 20.3 Å². The molecular formula is C27H29N5O2. The number of aromatic amines is 2. The summed E-state index contributed by atoms with van der Waals surface area (Å²) in [5, 5.41) is 9.67. The summed E-state index contributed by atoms with van der Waals surface area (Å²) in [5.74, 6) is 2.65. The van der Waals surface area contributed by atoms with Crippen LogP contribution in [0.5, 0.6) is 11.5 Å². The van der Waals surface area contributed by atoms with Crippen molar-refractivity contribution in [2.75, 3.05) is 26.2 Å². The van der Waals surface area contributed by atoms with Gasteiger partial charge < -0.3 is 24.7 Å². The Bertz CT molecular complexity index is 1400. The summed E-state index contributed by atoms with van der Waals surface area (Å²) in [6.45, 7) is 8.27. The number of rotatable bonds is 9. The van der Waals surface area contributed by atoms with Gasteiger partial charge in [-0.2, -0.15) is 0 Å². The van der Waals surface area contributed by atoms with Crippen LogP contribution in [0.25, 0.3) is 44.8 Å². The highest BCUT2D eigenvalue weighted by Crippen LogP contribution is 2.27. The van der Waals surface area contributed by atoms with Gasteiger partial charge in [-0.05, 0) is 43.8 Å². The number of nitrogens with zero attached hydrogens (tertiary/aromatic N) is 3. The molecule has 0 radical (unpaired) electrons. The van der Waals surface area contributed by atoms with Crippen molar-refractivity contribution in [3.8, 4) is 34.3 Å². The molecule has 0 fully saturated rings. The third-order valence-electron chi connectivity index (χ3n) is 6.13. The number of aromatic hydroxyl groups is 1. The number of hydrogen-bond acceptors (Lipinski definition) is 5. The lowest BCUT2D eigenvalue weighted by Gasteiger charge is -2.17. The van der Waals surface area contributed by atoms with Gasteiger partial charge in [0.1, 0.15) is 23.1 Å². The van der Waals surface area contributed by atoms with Gasteiger partial charge in [-0.1, -0.05) is 38.1 Å². The molecule has 2 aromatic heterocycles. The Balaban J connectivity index is 1.29. The largest absolute Gasteiger partial charge is 0.508 e. The van der Waals surface area contributed by atoms with Gasteiger partial charge in [-0.25, -0.2) is 9.97 Å². The lowest BCUT2D eigenvalue weighted by atomic mass is 10.1. The molecule has 7 nitrogen and oxygen atoms in total. The predicted octanol–water partition coefficient (Wildman–Crippen LogP) is 5.59. The Morgan fingerprint density at radius 3 is 2.00 bits per heavy atom. The second-order valence-electron chi connectivity index (χ2n) is 8.36. The van der Waals surface area contributed by atoms with Crippen LogP contribution in [-0.2, 0) is 0 Å². The average Bonchev–Trinajstić information content (AvgIpc) is 3.48. The standard InChI is InChI=1S/C27H29N5O2/c1-3-32(4-2)14-5-15-34-21-11-13-23-25(17-21)31-27(29-23)19-8-6-18(7-9-19)26-28-22-12-10-20(33)16-24(22)30-26/h6-13,16-17,33H,3-5,14-15H2,1-2H3,(H,28,30)(H,29,31). The molecule has 3 N–H and O–H groups in total. The number of aromatic nitrogens is 4. The van der Waals surface area contributed by atoms with E-state index in [1.165, 1.54) is 0 Å². The first-order valence-corrected chi connectivity index (χ1v) is 11.8. The number of hydrogen-bond donors (Lipinski definition) is 3. The van der Waals surface area contributed by atoms with E-state index in [1.54, 1.807) is 18.2 Å². The molecule has 7 heteroatoms. The quantitative estimate of drug-likeness (QED) is 0.252. The number of phenolic OH excluding ortho intramolecular Hbond substituents is 1. The number of imidazole rings is 2. The van der Waals surface area contributed by atoms with Crippen LogP contribution in [0.3, 0.4) is 0 Å². The normalized spacial score (nSPS) is 11.6. The molecule has 0 saturated carbocycles. The summed E-state index contributed by atoms with van der Waals surface area (Å²) >= 11 is 0. The Hall–Kier alpha value is -3.84. The molecule has 0 unspecified atom stereocenters. The van der Waals surface area contributed by atoms with E-state index < -0.39 is 0 Å². The second kappa shape index (κ2) is 9.57. The molecule has 0 aliphatic heterocycles. The zero-order chi connectivity index (χ0) is 23.5. The molecular weight excluding hydrogens is 426 g/mol. The maximum absolute atomic E-state index is 9.67. The first kappa shape index (κ1) is 22.0. The van der Waals surface area contributed by atoms with Gasteiger partial charge >= 0.3 is 0 Å². The van der Waals surface area contributed by atoms with Gasteiger partial charge in [0.15, 0.2) is 0 Å². The highest BCUT2D eigenvalue weighted by Gasteiger charge is 2.10. The number of H-pyrrole nitrogens is 2. The second-order valence-corrected chi connectivity index (χ2v) is 8.36. The number of ether oxygens (including phenoxy) is 1. The maximum atomic E-state index is 9.67. The summed E-state index contributed by atoms with van der Waals surface area (Å²) in [6.07, 6.45) is 1.01. The van der Waals surface area contributed by atoms with E-state index in [0.717, 1.165) is 76.6 Å². The molecule has 0 aliphatic rings. The van der Waals surface area contributed by atoms with Crippen molar-refractivity contribution in [1.29, 1.82) is 0 Å². The molecule has 0 saturated heterocycles. The van der Waals surface area contributed by atoms with Crippen molar-refractivity contribution in [3.05, 3.63) is 60.7 Å². The summed E-state index contributed by atoms with van der Waals surface area (Å²) < 4.78 is 5.96. The minimum absolute atomic E-state index is 0.219. The molecule has 174 valence electrons. The van der Waals surface area contributed by atoms with Crippen molar-refractivity contribution in [2.24, 2.45) is 0 Å². The van der Waals surface area contributed by atoms with Crippen LogP contribution in [0, 0.1) is 0 Å². The van der Waals surface area contributed by atoms with Crippen LogP contribution >= 0.6 is 0 Å². The lowest BCUT2D eigenvalue weighted by Crippen LogP contribution is -2.25. The third-order valence-corrected chi connectivity index (χ3v) is 6.13. The van der Waals surface area contributed by atoms with Crippen molar-refractivity contribution < 1.29 is 9.84 Å². The Morgan fingerprint density at radius 1 is 0.794 bits per heavy atom. The van der Waals surface area contributed by atoms with Crippen LogP contribution in [0.15, 0.2) is 60.7 Å². The van der Waals surface area contributed by atoms with Crippen LogP contribution in [0.2, 0.25) is 0 Å². The van der Waals surface area contributed by atoms with E-state index >= 15 is 0 Å². The molecule has 2 heterocycles. The minimum atomic E-state index is 0.219. The van der Waals surface area contributed by atoms with E-state index in [9.17, 15) is 5.11 Å². The summed E-state index contributed by atoms with van der Waals surface area (Å²) in [4.78, 5) is 18.4. The van der Waals surface area contributed by atoms with E-state index in [2.05, 4.69) is 33.7 Å². The molecule has 34 heavy (non-hydrogen) atoms. The topological polar surface area (TPSA) is 90.1 Å². The first-order chi connectivity index (χ1) is 16.6. The van der Waals surface area contributed by atoms with Gasteiger partial charge in [0.2, 0.25) is 0 Å². The van der Waals surface area contributed by atoms with Crippen molar-refractivity contribution in [2.45, 2.75) is 20.3 Å². The van der Waals surface area contributed by atoms with Gasteiger partial charge in [-0.15, -0.1) is 0 Å². The highest BCUT2D eigenvalue weighted by atomic mass is 16.5. The number of phenols is 1. The summed E-state index contributed by atoms with van der Waals surface area (Å²) in [5.41, 5.74) is 5.46. The molecule has 0 aliphatic carbocycles. The van der Waals surface area contributed by atoms with Crippen LogP contribution in [0.4, 0.5) is 0 Å². The van der Waals surface area contributed by atoms with E-state index in [0.29, 0.717) is 6.61 Å². The molecule has 5 rings (SSSR count). The van der Waals surface area contributed by atoms with Crippen LogP contribution in [-0.4, -0.2) is 56.2 Å². The number of nitrogens with one attached hydrogen (secondary N) is 2. The predicted molar refractivity (Wildman–Crippen MR) is 136 cm³/mol. The molecule has 5 aromatic rings. The SMILES string of the molecule is CCN(CC)CCCOc1ccc2nc(-c3ccc(-c4nc5ccc(O)cc5[nH]4)cc3)[nH]c2c1. The smallest absolute Gasteiger partial charge is 0.138 e. The van der Waals surface area contributed by atoms with Crippen molar-refractivity contribution in [3.63, 3.8) is 0 Å². The van der Waals surface area contributed by atoms with E-state index in [4.69, 9.17) is 9.72 Å². The van der Waals surface area contributed by atoms with E-state index in [-0.39, 0.29) is 5.75 Å². The Morgan fingerprint density at radius 2 is 1.38 bits per heavy atom. The van der Waals surface area contributed by atoms with E-state index in [1.807, 2.05) is 42.5 Å². The average molecular weight is 456 g/mol. The number of fused-ring (bicyclic) bond motifs is 2. The fourth-order valence-corrected chi connectivity index (χ4v) is 4.15. The summed E-state index contributed by atoms with van der Waals surface area (Å²) in [7, 11) is 0. The third kappa shape index (κ3) is 4.61. The van der Waals surface area contributed by atoms with Gasteiger partial charge in [0, 0.05) is 29.8 Å². The number of benzene rings is 3. The Labute approximate surface area is 198 Å². The van der Waals surface area contributed by atoms with Gasteiger partial charge in [0.25, 0.3) is 0 Å². The highest BCUT2D eigenvalue weighted by molar-refractivity contribution is 5.82. The first-order valence-electron chi connectivity index (χ1n) is 11.8. The zero-order valence-corrected chi connectivity index (χ0v) is 19.5. The van der Waals surface area contributed by atoms with Crippen molar-refractivity contribution in [1.82, 2.24) is 24.8 Å². The summed E-state index contributed by atoms with van der Waals surface area (Å²) in [6, 6.07) is 19.2. The minimum Gasteiger partial charge on any atom is -0.508 e. The molecule has 0 spiro atoms. The molecule has 0 amide bonds. The fourth-order valence-electron chi connectivity index (χ4n) is 4.15. The lowest BCUT2D eigenvalue weighted by molar-refractivity contribution is 0.249.